The van der Waals surface area contributed by atoms with Crippen LogP contribution in [-0.4, -0.2) is 41.4 Å². The Balaban J connectivity index is 1.33. The molecule has 0 aliphatic carbocycles. The summed E-state index contributed by atoms with van der Waals surface area (Å²) in [4.78, 5) is 33.3. The molecular formula is C27H29N3O4S2. The maximum Gasteiger partial charge on any atom is 0.260 e. The number of carbonyl (C=O) groups is 1. The second-order valence-corrected chi connectivity index (χ2v) is 9.92. The number of H-pyrrole nitrogens is 1. The highest BCUT2D eigenvalue weighted by Crippen LogP contribution is 2.32. The fourth-order valence-electron chi connectivity index (χ4n) is 3.73. The minimum Gasteiger partial charge on any atom is -0.490 e. The molecule has 2 aromatic carbocycles. The molecule has 188 valence electrons. The second-order valence-electron chi connectivity index (χ2n) is 8.10. The third-order valence-corrected chi connectivity index (χ3v) is 7.21. The van der Waals surface area contributed by atoms with E-state index in [1.807, 2.05) is 68.6 Å². The molecule has 0 saturated carbocycles. The van der Waals surface area contributed by atoms with E-state index in [0.717, 1.165) is 28.0 Å². The lowest BCUT2D eigenvalue weighted by atomic mass is 10.1. The van der Waals surface area contributed by atoms with Crippen molar-refractivity contribution in [1.82, 2.24) is 15.3 Å². The molecule has 1 amide bonds. The quantitative estimate of drug-likeness (QED) is 0.207. The van der Waals surface area contributed by atoms with Crippen molar-refractivity contribution in [3.8, 4) is 22.6 Å². The number of carbonyl (C=O) groups excluding carboxylic acids is 1. The van der Waals surface area contributed by atoms with E-state index in [1.165, 1.54) is 23.1 Å². The van der Waals surface area contributed by atoms with E-state index < -0.39 is 0 Å². The van der Waals surface area contributed by atoms with Crippen LogP contribution in [0.2, 0.25) is 0 Å². The van der Waals surface area contributed by atoms with Gasteiger partial charge in [0.25, 0.3) is 5.56 Å². The molecule has 2 aromatic heterocycles. The topological polar surface area (TPSA) is 93.3 Å². The Bertz CT molecular complexity index is 1400. The fraction of sp³-hybridized carbons (Fsp3) is 0.296. The average molecular weight is 524 g/mol. The highest BCUT2D eigenvalue weighted by molar-refractivity contribution is 7.99. The Hall–Kier alpha value is -3.30. The molecule has 0 bridgehead atoms. The van der Waals surface area contributed by atoms with Crippen molar-refractivity contribution in [3.63, 3.8) is 0 Å². The zero-order valence-corrected chi connectivity index (χ0v) is 22.2. The van der Waals surface area contributed by atoms with Crippen LogP contribution in [0.3, 0.4) is 0 Å². The second kappa shape index (κ2) is 12.1. The van der Waals surface area contributed by atoms with Gasteiger partial charge in [-0.05, 0) is 50.5 Å². The van der Waals surface area contributed by atoms with E-state index in [1.54, 1.807) is 0 Å². The van der Waals surface area contributed by atoms with Gasteiger partial charge >= 0.3 is 0 Å². The van der Waals surface area contributed by atoms with Gasteiger partial charge < -0.3 is 19.8 Å². The number of aromatic nitrogens is 2. The molecule has 0 aliphatic rings. The summed E-state index contributed by atoms with van der Waals surface area (Å²) in [6.45, 7) is 7.51. The van der Waals surface area contributed by atoms with Crippen LogP contribution in [-0.2, 0) is 11.2 Å². The van der Waals surface area contributed by atoms with Crippen LogP contribution in [0.25, 0.3) is 21.3 Å². The lowest BCUT2D eigenvalue weighted by molar-refractivity contribution is -0.118. The van der Waals surface area contributed by atoms with E-state index in [0.29, 0.717) is 47.3 Å². The molecule has 0 unspecified atom stereocenters. The molecule has 36 heavy (non-hydrogen) atoms. The van der Waals surface area contributed by atoms with Crippen molar-refractivity contribution in [1.29, 1.82) is 0 Å². The first-order valence-corrected chi connectivity index (χ1v) is 13.7. The minimum atomic E-state index is -0.194. The Morgan fingerprint density at radius 2 is 1.83 bits per heavy atom. The van der Waals surface area contributed by atoms with Crippen molar-refractivity contribution < 1.29 is 14.3 Å². The van der Waals surface area contributed by atoms with Crippen molar-refractivity contribution in [2.24, 2.45) is 0 Å². The molecule has 0 aliphatic heterocycles. The van der Waals surface area contributed by atoms with Crippen molar-refractivity contribution in [2.45, 2.75) is 32.3 Å². The summed E-state index contributed by atoms with van der Waals surface area (Å²) in [7, 11) is 0. The van der Waals surface area contributed by atoms with Gasteiger partial charge in [0.1, 0.15) is 4.83 Å². The van der Waals surface area contributed by atoms with Gasteiger partial charge in [-0.25, -0.2) is 4.98 Å². The molecule has 2 N–H and O–H groups in total. The van der Waals surface area contributed by atoms with Crippen LogP contribution in [0.5, 0.6) is 11.5 Å². The van der Waals surface area contributed by atoms with E-state index in [-0.39, 0.29) is 17.2 Å². The van der Waals surface area contributed by atoms with Crippen LogP contribution in [0, 0.1) is 6.92 Å². The van der Waals surface area contributed by atoms with E-state index >= 15 is 0 Å². The standard InChI is InChI=1S/C27H29N3O4S2/c1-4-33-21-11-8-18(14-22(21)34-5-2)12-13-28-23(31)16-36-27-29-25(32)24-20(15-35-26(24)30-27)19-9-6-17(3)7-10-19/h6-11,14-15H,4-5,12-13,16H2,1-3H3,(H,28,31)(H,29,30,32). The summed E-state index contributed by atoms with van der Waals surface area (Å²) < 4.78 is 11.3. The maximum atomic E-state index is 12.8. The first-order chi connectivity index (χ1) is 17.5. The molecule has 4 rings (SSSR count). The predicted octanol–water partition coefficient (Wildman–Crippen LogP) is 5.21. The molecule has 0 saturated heterocycles. The Morgan fingerprint density at radius 3 is 2.58 bits per heavy atom. The molecule has 9 heteroatoms. The SMILES string of the molecule is CCOc1ccc(CCNC(=O)CSc2nc3scc(-c4ccc(C)cc4)c3c(=O)[nH]2)cc1OCC. The van der Waals surface area contributed by atoms with Crippen LogP contribution < -0.4 is 20.3 Å². The third kappa shape index (κ3) is 6.27. The Morgan fingerprint density at radius 1 is 1.08 bits per heavy atom. The molecule has 2 heterocycles. The van der Waals surface area contributed by atoms with Crippen LogP contribution in [0.15, 0.2) is 57.8 Å². The number of fused-ring (bicyclic) bond motifs is 1. The number of hydrogen-bond donors (Lipinski definition) is 2. The van der Waals surface area contributed by atoms with Gasteiger partial charge in [0.2, 0.25) is 5.91 Å². The Kier molecular flexibility index (Phi) is 8.66. The normalized spacial score (nSPS) is 11.0. The number of thiophene rings is 1. The lowest BCUT2D eigenvalue weighted by Gasteiger charge is -2.12. The van der Waals surface area contributed by atoms with Gasteiger partial charge in [0.05, 0.1) is 24.4 Å². The molecule has 0 fully saturated rings. The van der Waals surface area contributed by atoms with Gasteiger partial charge in [0.15, 0.2) is 16.7 Å². The van der Waals surface area contributed by atoms with Crippen LogP contribution in [0.1, 0.15) is 25.0 Å². The highest BCUT2D eigenvalue weighted by Gasteiger charge is 2.14. The van der Waals surface area contributed by atoms with Gasteiger partial charge in [-0.3, -0.25) is 9.59 Å². The number of nitrogens with zero attached hydrogens (tertiary/aromatic N) is 1. The van der Waals surface area contributed by atoms with E-state index in [4.69, 9.17) is 9.47 Å². The molecular weight excluding hydrogens is 494 g/mol. The number of thioether (sulfide) groups is 1. The van der Waals surface area contributed by atoms with Gasteiger partial charge in [-0.2, -0.15) is 0 Å². The number of aryl methyl sites for hydroxylation is 1. The molecule has 0 spiro atoms. The van der Waals surface area contributed by atoms with Crippen molar-refractivity contribution in [3.05, 3.63) is 69.3 Å². The number of rotatable bonds is 11. The van der Waals surface area contributed by atoms with E-state index in [2.05, 4.69) is 15.3 Å². The van der Waals surface area contributed by atoms with Crippen LogP contribution >= 0.6 is 23.1 Å². The van der Waals surface area contributed by atoms with E-state index in [9.17, 15) is 9.59 Å². The summed E-state index contributed by atoms with van der Waals surface area (Å²) in [5.41, 5.74) is 3.88. The Labute approximate surface area is 218 Å². The third-order valence-electron chi connectivity index (χ3n) is 5.47. The van der Waals surface area contributed by atoms with Gasteiger partial charge in [-0.15, -0.1) is 11.3 Å². The summed E-state index contributed by atoms with van der Waals surface area (Å²) in [5.74, 6) is 1.48. The number of aromatic amines is 1. The predicted molar refractivity (Wildman–Crippen MR) is 147 cm³/mol. The monoisotopic (exact) mass is 523 g/mol. The molecule has 4 aromatic rings. The first-order valence-electron chi connectivity index (χ1n) is 11.8. The average Bonchev–Trinajstić information content (AvgIpc) is 3.30. The highest BCUT2D eigenvalue weighted by atomic mass is 32.2. The number of amides is 1. The summed E-state index contributed by atoms with van der Waals surface area (Å²) in [6, 6.07) is 13.9. The van der Waals surface area contributed by atoms with Gasteiger partial charge in [0, 0.05) is 17.5 Å². The van der Waals surface area contributed by atoms with Crippen LogP contribution in [0.4, 0.5) is 0 Å². The van der Waals surface area contributed by atoms with Crippen molar-refractivity contribution >= 4 is 39.2 Å². The molecule has 0 atom stereocenters. The zero-order valence-electron chi connectivity index (χ0n) is 20.6. The summed E-state index contributed by atoms with van der Waals surface area (Å²) in [6.07, 6.45) is 0.668. The number of ether oxygens (including phenoxy) is 2. The minimum absolute atomic E-state index is 0.120. The molecule has 0 radical (unpaired) electrons. The number of hydrogen-bond acceptors (Lipinski definition) is 7. The lowest BCUT2D eigenvalue weighted by Crippen LogP contribution is -2.27. The molecule has 7 nitrogen and oxygen atoms in total. The largest absolute Gasteiger partial charge is 0.490 e. The van der Waals surface area contributed by atoms with Gasteiger partial charge in [-0.1, -0.05) is 47.7 Å². The summed E-state index contributed by atoms with van der Waals surface area (Å²) >= 11 is 2.65. The fourth-order valence-corrected chi connectivity index (χ4v) is 5.42. The number of benzene rings is 2. The maximum absolute atomic E-state index is 12.8. The zero-order chi connectivity index (χ0) is 25.5. The smallest absolute Gasteiger partial charge is 0.260 e. The van der Waals surface area contributed by atoms with Crippen molar-refractivity contribution in [2.75, 3.05) is 25.5 Å². The summed E-state index contributed by atoms with van der Waals surface area (Å²) in [5, 5.41) is 5.90. The number of nitrogens with one attached hydrogen (secondary N) is 2. The first kappa shape index (κ1) is 25.8.